The zero-order valence-corrected chi connectivity index (χ0v) is 13.5. The van der Waals surface area contributed by atoms with E-state index in [1.807, 2.05) is 0 Å². The summed E-state index contributed by atoms with van der Waals surface area (Å²) >= 11 is 0. The lowest BCUT2D eigenvalue weighted by Crippen LogP contribution is -2.56. The van der Waals surface area contributed by atoms with E-state index >= 15 is 0 Å². The lowest BCUT2D eigenvalue weighted by molar-refractivity contribution is -0.150. The van der Waals surface area contributed by atoms with Crippen molar-refractivity contribution < 1.29 is 19.5 Å². The van der Waals surface area contributed by atoms with E-state index in [1.165, 1.54) is 0 Å². The number of likely N-dealkylation sites (tertiary alicyclic amines) is 1. The smallest absolute Gasteiger partial charge is 0.327 e. The van der Waals surface area contributed by atoms with Gasteiger partial charge in [-0.3, -0.25) is 4.79 Å². The van der Waals surface area contributed by atoms with E-state index in [4.69, 9.17) is 0 Å². The van der Waals surface area contributed by atoms with E-state index in [0.717, 1.165) is 31.0 Å². The number of nitrogens with zero attached hydrogens (tertiary/aromatic N) is 2. The molecule has 7 nitrogen and oxygen atoms in total. The molecule has 0 aromatic carbocycles. The summed E-state index contributed by atoms with van der Waals surface area (Å²) < 4.78 is 0. The van der Waals surface area contributed by atoms with Crippen molar-refractivity contribution in [1.29, 1.82) is 0 Å². The van der Waals surface area contributed by atoms with Gasteiger partial charge in [0.2, 0.25) is 0 Å². The highest BCUT2D eigenvalue weighted by Crippen LogP contribution is 2.32. The number of hydrogen-bond acceptors (Lipinski definition) is 4. The van der Waals surface area contributed by atoms with E-state index in [0.29, 0.717) is 12.8 Å². The number of urea groups is 1. The minimum atomic E-state index is -1.14. The summed E-state index contributed by atoms with van der Waals surface area (Å²) in [5.41, 5.74) is -0.913. The van der Waals surface area contributed by atoms with Crippen LogP contribution in [0.5, 0.6) is 0 Å². The van der Waals surface area contributed by atoms with Gasteiger partial charge in [0.15, 0.2) is 0 Å². The van der Waals surface area contributed by atoms with E-state index in [9.17, 15) is 19.5 Å². The second-order valence-corrected chi connectivity index (χ2v) is 6.56. The third-order valence-corrected chi connectivity index (χ3v) is 4.61. The minimum Gasteiger partial charge on any atom is -0.480 e. The van der Waals surface area contributed by atoms with Crippen LogP contribution in [0.2, 0.25) is 0 Å². The molecule has 124 valence electrons. The SMILES string of the molecule is CCCN1CCC2(CC1)NC(=O)N(C(C(=O)O)C(C)C)C2=O. The van der Waals surface area contributed by atoms with Crippen molar-refractivity contribution in [2.45, 2.75) is 51.6 Å². The first-order valence-corrected chi connectivity index (χ1v) is 7.93. The van der Waals surface area contributed by atoms with Gasteiger partial charge in [-0.25, -0.2) is 14.5 Å². The Hall–Kier alpha value is -1.63. The number of aliphatic carboxylic acids is 1. The highest BCUT2D eigenvalue weighted by molar-refractivity contribution is 6.09. The highest BCUT2D eigenvalue weighted by atomic mass is 16.4. The largest absolute Gasteiger partial charge is 0.480 e. The molecule has 1 atom stereocenters. The molecule has 2 saturated heterocycles. The van der Waals surface area contributed by atoms with Crippen molar-refractivity contribution in [1.82, 2.24) is 15.1 Å². The number of nitrogens with one attached hydrogen (secondary N) is 1. The first kappa shape index (κ1) is 16.7. The summed E-state index contributed by atoms with van der Waals surface area (Å²) in [6.07, 6.45) is 2.13. The van der Waals surface area contributed by atoms with Gasteiger partial charge >= 0.3 is 12.0 Å². The lowest BCUT2D eigenvalue weighted by atomic mass is 9.87. The molecule has 0 aliphatic carbocycles. The lowest BCUT2D eigenvalue weighted by Gasteiger charge is -2.37. The van der Waals surface area contributed by atoms with Crippen molar-refractivity contribution >= 4 is 17.9 Å². The average molecular weight is 311 g/mol. The molecular weight excluding hydrogens is 286 g/mol. The number of piperidine rings is 1. The molecule has 2 heterocycles. The van der Waals surface area contributed by atoms with Crippen LogP contribution in [-0.4, -0.2) is 64.0 Å². The summed E-state index contributed by atoms with van der Waals surface area (Å²) in [5, 5.41) is 12.1. The molecular formula is C15H25N3O4. The quantitative estimate of drug-likeness (QED) is 0.736. The van der Waals surface area contributed by atoms with Crippen LogP contribution in [0.1, 0.15) is 40.0 Å². The number of imide groups is 1. The Morgan fingerprint density at radius 2 is 1.91 bits per heavy atom. The Morgan fingerprint density at radius 1 is 1.32 bits per heavy atom. The molecule has 2 fully saturated rings. The summed E-state index contributed by atoms with van der Waals surface area (Å²) in [7, 11) is 0. The van der Waals surface area contributed by atoms with E-state index in [-0.39, 0.29) is 11.8 Å². The average Bonchev–Trinajstić information content (AvgIpc) is 2.66. The minimum absolute atomic E-state index is 0.331. The summed E-state index contributed by atoms with van der Waals surface area (Å²) in [6, 6.07) is -1.68. The van der Waals surface area contributed by atoms with Crippen LogP contribution in [0.25, 0.3) is 0 Å². The third-order valence-electron chi connectivity index (χ3n) is 4.61. The number of rotatable bonds is 5. The fourth-order valence-corrected chi connectivity index (χ4v) is 3.40. The molecule has 0 saturated carbocycles. The number of carboxylic acid groups (broad SMARTS) is 1. The maximum atomic E-state index is 12.8. The van der Waals surface area contributed by atoms with Crippen molar-refractivity contribution in [2.75, 3.05) is 19.6 Å². The number of carbonyl (C=O) groups excluding carboxylic acids is 2. The molecule has 2 aliphatic heterocycles. The standard InChI is InChI=1S/C15H25N3O4/c1-4-7-17-8-5-15(6-9-17)13(21)18(14(22)16-15)11(10(2)3)12(19)20/h10-11H,4-9H2,1-3H3,(H,16,22)(H,19,20). The molecule has 0 bridgehead atoms. The number of carbonyl (C=O) groups is 3. The number of hydrogen-bond donors (Lipinski definition) is 2. The molecule has 7 heteroatoms. The van der Waals surface area contributed by atoms with Gasteiger partial charge in [-0.2, -0.15) is 0 Å². The van der Waals surface area contributed by atoms with Gasteiger partial charge < -0.3 is 15.3 Å². The van der Waals surface area contributed by atoms with Crippen LogP contribution in [0, 0.1) is 5.92 Å². The van der Waals surface area contributed by atoms with Crippen LogP contribution < -0.4 is 5.32 Å². The molecule has 0 aromatic heterocycles. The molecule has 22 heavy (non-hydrogen) atoms. The zero-order valence-electron chi connectivity index (χ0n) is 13.5. The van der Waals surface area contributed by atoms with Crippen molar-refractivity contribution in [3.05, 3.63) is 0 Å². The molecule has 3 amide bonds. The number of carboxylic acids is 1. The topological polar surface area (TPSA) is 90.0 Å². The number of amides is 3. The van der Waals surface area contributed by atoms with Crippen molar-refractivity contribution in [2.24, 2.45) is 5.92 Å². The molecule has 2 N–H and O–H groups in total. The van der Waals surface area contributed by atoms with Gasteiger partial charge in [-0.15, -0.1) is 0 Å². The van der Waals surface area contributed by atoms with Gasteiger partial charge in [0, 0.05) is 13.1 Å². The Morgan fingerprint density at radius 3 is 2.36 bits per heavy atom. The highest BCUT2D eigenvalue weighted by Gasteiger charge is 2.55. The summed E-state index contributed by atoms with van der Waals surface area (Å²) in [5.74, 6) is -1.85. The Labute approximate surface area is 130 Å². The van der Waals surface area contributed by atoms with Crippen molar-refractivity contribution in [3.63, 3.8) is 0 Å². The maximum absolute atomic E-state index is 12.8. The van der Waals surface area contributed by atoms with E-state index < -0.39 is 23.6 Å². The normalized spacial score (nSPS) is 23.2. The summed E-state index contributed by atoms with van der Waals surface area (Å²) in [6.45, 7) is 7.98. The first-order chi connectivity index (χ1) is 10.3. The van der Waals surface area contributed by atoms with Gasteiger partial charge in [-0.1, -0.05) is 20.8 Å². The van der Waals surface area contributed by atoms with E-state index in [1.54, 1.807) is 13.8 Å². The Kier molecular flexibility index (Phi) is 4.75. The van der Waals surface area contributed by atoms with Crippen LogP contribution in [0.15, 0.2) is 0 Å². The molecule has 2 rings (SSSR count). The van der Waals surface area contributed by atoms with Gasteiger partial charge in [-0.05, 0) is 31.7 Å². The Balaban J connectivity index is 2.17. The monoisotopic (exact) mass is 311 g/mol. The molecule has 2 aliphatic rings. The van der Waals surface area contributed by atoms with E-state index in [2.05, 4.69) is 17.1 Å². The predicted octanol–water partition coefficient (Wildman–Crippen LogP) is 0.892. The third kappa shape index (κ3) is 2.82. The van der Waals surface area contributed by atoms with Gasteiger partial charge in [0.25, 0.3) is 5.91 Å². The fourth-order valence-electron chi connectivity index (χ4n) is 3.40. The summed E-state index contributed by atoms with van der Waals surface area (Å²) in [4.78, 5) is 39.6. The fraction of sp³-hybridized carbons (Fsp3) is 0.800. The predicted molar refractivity (Wildman–Crippen MR) is 80.3 cm³/mol. The van der Waals surface area contributed by atoms with Crippen LogP contribution in [-0.2, 0) is 9.59 Å². The Bertz CT molecular complexity index is 469. The van der Waals surface area contributed by atoms with Gasteiger partial charge in [0.05, 0.1) is 0 Å². The molecule has 0 radical (unpaired) electrons. The second kappa shape index (κ2) is 6.24. The van der Waals surface area contributed by atoms with Crippen LogP contribution in [0.3, 0.4) is 0 Å². The van der Waals surface area contributed by atoms with Crippen LogP contribution >= 0.6 is 0 Å². The molecule has 1 unspecified atom stereocenters. The van der Waals surface area contributed by atoms with Gasteiger partial charge in [0.1, 0.15) is 11.6 Å². The molecule has 1 spiro atoms. The maximum Gasteiger partial charge on any atom is 0.327 e. The first-order valence-electron chi connectivity index (χ1n) is 7.93. The second-order valence-electron chi connectivity index (χ2n) is 6.56. The molecule has 0 aromatic rings. The van der Waals surface area contributed by atoms with Crippen LogP contribution in [0.4, 0.5) is 4.79 Å². The zero-order chi connectivity index (χ0) is 16.5. The van der Waals surface area contributed by atoms with Crippen molar-refractivity contribution in [3.8, 4) is 0 Å².